The van der Waals surface area contributed by atoms with E-state index in [0.29, 0.717) is 10.8 Å². The molecule has 3 aliphatic carbocycles. The number of hydrogen-bond donors (Lipinski definition) is 0. The summed E-state index contributed by atoms with van der Waals surface area (Å²) >= 11 is 0. The molecule has 1 aromatic rings. The van der Waals surface area contributed by atoms with Crippen LogP contribution in [0.1, 0.15) is 82.6 Å². The maximum atomic E-state index is 2.46. The van der Waals surface area contributed by atoms with E-state index in [1.54, 1.807) is 5.56 Å². The highest BCUT2D eigenvalue weighted by molar-refractivity contribution is 5.31. The lowest BCUT2D eigenvalue weighted by atomic mass is 9.46. The second kappa shape index (κ2) is 5.45. The molecule has 0 aliphatic heterocycles. The Balaban J connectivity index is 1.81. The molecule has 0 atom stereocenters. The van der Waals surface area contributed by atoms with Gasteiger partial charge >= 0.3 is 0 Å². The molecule has 0 heterocycles. The Morgan fingerprint density at radius 2 is 1.29 bits per heavy atom. The maximum absolute atomic E-state index is 2.46. The van der Waals surface area contributed by atoms with Gasteiger partial charge in [0.1, 0.15) is 0 Å². The van der Waals surface area contributed by atoms with Crippen LogP contribution in [-0.2, 0) is 5.41 Å². The molecule has 0 saturated heterocycles. The smallest absolute Gasteiger partial charge is 0.00120 e. The second-order valence-electron chi connectivity index (χ2n) is 8.00. The van der Waals surface area contributed by atoms with Crippen molar-refractivity contribution in [2.75, 3.05) is 0 Å². The van der Waals surface area contributed by atoms with E-state index >= 15 is 0 Å². The van der Waals surface area contributed by atoms with Crippen molar-refractivity contribution in [2.45, 2.75) is 82.5 Å². The third-order valence-corrected chi connectivity index (χ3v) is 7.37. The van der Waals surface area contributed by atoms with Crippen molar-refractivity contribution in [1.82, 2.24) is 0 Å². The molecule has 0 amide bonds. The number of benzene rings is 1. The highest BCUT2D eigenvalue weighted by Crippen LogP contribution is 2.65. The molecule has 21 heavy (non-hydrogen) atoms. The third-order valence-electron chi connectivity index (χ3n) is 7.37. The minimum Gasteiger partial charge on any atom is -0.0622 e. The Morgan fingerprint density at radius 3 is 1.86 bits per heavy atom. The number of hydrogen-bond acceptors (Lipinski definition) is 0. The van der Waals surface area contributed by atoms with Gasteiger partial charge in [0.15, 0.2) is 0 Å². The molecule has 4 rings (SSSR count). The van der Waals surface area contributed by atoms with Crippen LogP contribution >= 0.6 is 0 Å². The van der Waals surface area contributed by atoms with E-state index in [9.17, 15) is 0 Å². The topological polar surface area (TPSA) is 0 Å². The first kappa shape index (κ1) is 13.9. The summed E-state index contributed by atoms with van der Waals surface area (Å²) in [5, 5.41) is 0. The average molecular weight is 282 g/mol. The van der Waals surface area contributed by atoms with Crippen molar-refractivity contribution in [1.29, 1.82) is 0 Å². The molecule has 114 valence electrons. The fraction of sp³-hybridized carbons (Fsp3) is 0.714. The molecule has 0 N–H and O–H groups in total. The van der Waals surface area contributed by atoms with Gasteiger partial charge in [-0.25, -0.2) is 0 Å². The van der Waals surface area contributed by atoms with Gasteiger partial charge in [-0.15, -0.1) is 0 Å². The summed E-state index contributed by atoms with van der Waals surface area (Å²) in [7, 11) is 0. The van der Waals surface area contributed by atoms with Gasteiger partial charge in [-0.2, -0.15) is 0 Å². The Labute approximate surface area is 130 Å². The Morgan fingerprint density at radius 1 is 0.667 bits per heavy atom. The van der Waals surface area contributed by atoms with Crippen molar-refractivity contribution < 1.29 is 0 Å². The van der Waals surface area contributed by atoms with E-state index in [-0.39, 0.29) is 0 Å². The van der Waals surface area contributed by atoms with Crippen LogP contribution in [0.5, 0.6) is 0 Å². The van der Waals surface area contributed by atoms with Crippen LogP contribution in [0.3, 0.4) is 0 Å². The quantitative estimate of drug-likeness (QED) is 0.614. The molecule has 0 radical (unpaired) electrons. The van der Waals surface area contributed by atoms with Gasteiger partial charge in [-0.05, 0) is 55.4 Å². The molecule has 3 fully saturated rings. The van der Waals surface area contributed by atoms with E-state index in [1.165, 1.54) is 77.0 Å². The van der Waals surface area contributed by atoms with Crippen LogP contribution in [0, 0.1) is 11.3 Å². The summed E-state index contributed by atoms with van der Waals surface area (Å²) < 4.78 is 0. The Kier molecular flexibility index (Phi) is 3.59. The first-order chi connectivity index (χ1) is 10.4. The summed E-state index contributed by atoms with van der Waals surface area (Å²) in [6.45, 7) is 0. The molecule has 0 nitrogen and oxygen atoms in total. The van der Waals surface area contributed by atoms with Crippen molar-refractivity contribution in [3.8, 4) is 0 Å². The van der Waals surface area contributed by atoms with Gasteiger partial charge in [0, 0.05) is 5.41 Å². The summed E-state index contributed by atoms with van der Waals surface area (Å²) in [6.07, 6.45) is 17.9. The largest absolute Gasteiger partial charge is 0.0622 e. The van der Waals surface area contributed by atoms with Crippen molar-refractivity contribution in [3.05, 3.63) is 35.9 Å². The molecule has 0 heteroatoms. The van der Waals surface area contributed by atoms with Gasteiger partial charge in [0.25, 0.3) is 0 Å². The van der Waals surface area contributed by atoms with Gasteiger partial charge in [-0.1, -0.05) is 68.9 Å². The molecule has 0 unspecified atom stereocenters. The van der Waals surface area contributed by atoms with Gasteiger partial charge in [0.2, 0.25) is 0 Å². The van der Waals surface area contributed by atoms with Crippen molar-refractivity contribution >= 4 is 0 Å². The molecule has 0 bridgehead atoms. The van der Waals surface area contributed by atoms with E-state index in [2.05, 4.69) is 30.3 Å². The zero-order chi connectivity index (χ0) is 14.2. The van der Waals surface area contributed by atoms with E-state index in [0.717, 1.165) is 5.92 Å². The van der Waals surface area contributed by atoms with Crippen molar-refractivity contribution in [3.63, 3.8) is 0 Å². The average Bonchev–Trinajstić information content (AvgIpc) is 2.98. The van der Waals surface area contributed by atoms with Crippen LogP contribution in [0.2, 0.25) is 0 Å². The van der Waals surface area contributed by atoms with Crippen LogP contribution < -0.4 is 0 Å². The highest BCUT2D eigenvalue weighted by Gasteiger charge is 2.57. The lowest BCUT2D eigenvalue weighted by Gasteiger charge is -2.58. The fourth-order valence-corrected chi connectivity index (χ4v) is 6.23. The molecular formula is C21H30. The molecule has 3 saturated carbocycles. The minimum atomic E-state index is 0.522. The lowest BCUT2D eigenvalue weighted by molar-refractivity contribution is -0.0222. The van der Waals surface area contributed by atoms with Gasteiger partial charge < -0.3 is 0 Å². The predicted molar refractivity (Wildman–Crippen MR) is 89.4 cm³/mol. The lowest BCUT2D eigenvalue weighted by Crippen LogP contribution is -2.51. The fourth-order valence-electron chi connectivity index (χ4n) is 6.23. The zero-order valence-corrected chi connectivity index (χ0v) is 13.4. The summed E-state index contributed by atoms with van der Waals surface area (Å²) in [4.78, 5) is 0. The van der Waals surface area contributed by atoms with E-state index in [1.807, 2.05) is 0 Å². The van der Waals surface area contributed by atoms with Gasteiger partial charge in [-0.3, -0.25) is 0 Å². The summed E-state index contributed by atoms with van der Waals surface area (Å²) in [5.74, 6) is 1.04. The SMILES string of the molecule is c1ccc(C2(C3(C4CCC4)CCCC3)CCCCC2)cc1. The van der Waals surface area contributed by atoms with Gasteiger partial charge in [0.05, 0.1) is 0 Å². The first-order valence-corrected chi connectivity index (χ1v) is 9.43. The van der Waals surface area contributed by atoms with E-state index in [4.69, 9.17) is 0 Å². The predicted octanol–water partition coefficient (Wildman–Crippen LogP) is 6.25. The Hall–Kier alpha value is -0.780. The number of rotatable bonds is 3. The summed E-state index contributed by atoms with van der Waals surface area (Å²) in [5.41, 5.74) is 2.87. The second-order valence-corrected chi connectivity index (χ2v) is 8.00. The monoisotopic (exact) mass is 282 g/mol. The van der Waals surface area contributed by atoms with Crippen LogP contribution in [-0.4, -0.2) is 0 Å². The van der Waals surface area contributed by atoms with E-state index < -0.39 is 0 Å². The van der Waals surface area contributed by atoms with Crippen LogP contribution in [0.25, 0.3) is 0 Å². The molecular weight excluding hydrogens is 252 g/mol. The maximum Gasteiger partial charge on any atom is 0.00120 e. The third kappa shape index (κ3) is 2.01. The van der Waals surface area contributed by atoms with Crippen molar-refractivity contribution in [2.24, 2.45) is 11.3 Å². The van der Waals surface area contributed by atoms with Crippen LogP contribution in [0.15, 0.2) is 30.3 Å². The highest BCUT2D eigenvalue weighted by atomic mass is 14.6. The van der Waals surface area contributed by atoms with Crippen LogP contribution in [0.4, 0.5) is 0 Å². The zero-order valence-electron chi connectivity index (χ0n) is 13.4. The molecule has 0 spiro atoms. The normalized spacial score (nSPS) is 28.2. The standard InChI is InChI=1S/C21H30/c1-3-10-18(11-4-1)20(14-5-2-6-15-20)21(16-7-8-17-21)19-12-9-13-19/h1,3-4,10-11,19H,2,5-9,12-17H2. The Bertz CT molecular complexity index is 456. The first-order valence-electron chi connectivity index (χ1n) is 9.43. The minimum absolute atomic E-state index is 0.522. The molecule has 0 aromatic heterocycles. The summed E-state index contributed by atoms with van der Waals surface area (Å²) in [6, 6.07) is 11.7. The molecule has 3 aliphatic rings. The molecule has 1 aromatic carbocycles.